The van der Waals surface area contributed by atoms with Gasteiger partial charge in [0.25, 0.3) is 5.91 Å². The van der Waals surface area contributed by atoms with E-state index in [-0.39, 0.29) is 12.2 Å². The quantitative estimate of drug-likeness (QED) is 0.701. The molecule has 1 unspecified atom stereocenters. The first-order valence-electron chi connectivity index (χ1n) is 5.57. The van der Waals surface area contributed by atoms with Crippen LogP contribution in [0.4, 0.5) is 0 Å². The molecule has 6 nitrogen and oxygen atoms in total. The van der Waals surface area contributed by atoms with Crippen molar-refractivity contribution in [1.82, 2.24) is 15.2 Å². The zero-order valence-corrected chi connectivity index (χ0v) is 10.1. The number of hydrogen-bond acceptors (Lipinski definition) is 4. The fraction of sp³-hybridized carbons (Fsp3) is 0.333. The standard InChI is InChI=1S/C12H13N3O3/c1-7-4-3-5-9(13-7)12(18)15-6-10(16)14-11(17)8(15)2/h3-5,8H,6H2,1-2H3,(H,14,16,17). The molecular formula is C12H13N3O3. The zero-order valence-electron chi connectivity index (χ0n) is 10.1. The smallest absolute Gasteiger partial charge is 0.273 e. The summed E-state index contributed by atoms with van der Waals surface area (Å²) >= 11 is 0. The molecule has 2 rings (SSSR count). The SMILES string of the molecule is Cc1cccc(C(=O)N2CC(=O)NC(=O)C2C)n1. The Morgan fingerprint density at radius 2 is 2.17 bits per heavy atom. The van der Waals surface area contributed by atoms with E-state index in [2.05, 4.69) is 10.3 Å². The van der Waals surface area contributed by atoms with Gasteiger partial charge in [0.15, 0.2) is 0 Å². The van der Waals surface area contributed by atoms with Crippen LogP contribution in [0.15, 0.2) is 18.2 Å². The molecule has 3 amide bonds. The van der Waals surface area contributed by atoms with Crippen LogP contribution >= 0.6 is 0 Å². The van der Waals surface area contributed by atoms with Crippen LogP contribution in [-0.4, -0.2) is 40.2 Å². The molecular weight excluding hydrogens is 234 g/mol. The Kier molecular flexibility index (Phi) is 3.10. The first-order chi connectivity index (χ1) is 8.49. The summed E-state index contributed by atoms with van der Waals surface area (Å²) in [5.41, 5.74) is 0.950. The molecule has 2 heterocycles. The lowest BCUT2D eigenvalue weighted by molar-refractivity contribution is -0.138. The molecule has 1 aromatic heterocycles. The summed E-state index contributed by atoms with van der Waals surface area (Å²) in [6.45, 7) is 3.23. The highest BCUT2D eigenvalue weighted by Gasteiger charge is 2.34. The van der Waals surface area contributed by atoms with E-state index in [1.54, 1.807) is 32.0 Å². The number of hydrogen-bond donors (Lipinski definition) is 1. The van der Waals surface area contributed by atoms with Gasteiger partial charge in [0, 0.05) is 5.69 Å². The third kappa shape index (κ3) is 2.22. The first-order valence-corrected chi connectivity index (χ1v) is 5.57. The molecule has 1 aromatic rings. The number of nitrogens with zero attached hydrogens (tertiary/aromatic N) is 2. The van der Waals surface area contributed by atoms with E-state index < -0.39 is 23.8 Å². The maximum Gasteiger partial charge on any atom is 0.273 e. The van der Waals surface area contributed by atoms with Gasteiger partial charge in [-0.25, -0.2) is 4.98 Å². The molecule has 1 aliphatic rings. The summed E-state index contributed by atoms with van der Waals surface area (Å²) in [5, 5.41) is 2.18. The summed E-state index contributed by atoms with van der Waals surface area (Å²) in [4.78, 5) is 40.3. The van der Waals surface area contributed by atoms with Crippen LogP contribution in [-0.2, 0) is 9.59 Å². The average molecular weight is 247 g/mol. The van der Waals surface area contributed by atoms with Gasteiger partial charge in [0.05, 0.1) is 0 Å². The second kappa shape index (κ2) is 4.56. The van der Waals surface area contributed by atoms with Gasteiger partial charge in [-0.3, -0.25) is 19.7 Å². The topological polar surface area (TPSA) is 79.4 Å². The fourth-order valence-corrected chi connectivity index (χ4v) is 1.77. The third-order valence-electron chi connectivity index (χ3n) is 2.79. The van der Waals surface area contributed by atoms with E-state index >= 15 is 0 Å². The van der Waals surface area contributed by atoms with Gasteiger partial charge < -0.3 is 4.90 Å². The van der Waals surface area contributed by atoms with Gasteiger partial charge in [-0.15, -0.1) is 0 Å². The molecule has 18 heavy (non-hydrogen) atoms. The van der Waals surface area contributed by atoms with Crippen LogP contribution < -0.4 is 5.32 Å². The number of carbonyl (C=O) groups excluding carboxylic acids is 3. The van der Waals surface area contributed by atoms with E-state index in [0.717, 1.165) is 0 Å². The van der Waals surface area contributed by atoms with Gasteiger partial charge in [-0.2, -0.15) is 0 Å². The number of rotatable bonds is 1. The molecule has 0 saturated carbocycles. The van der Waals surface area contributed by atoms with Gasteiger partial charge >= 0.3 is 0 Å². The van der Waals surface area contributed by atoms with Crippen LogP contribution in [0, 0.1) is 6.92 Å². The number of aromatic nitrogens is 1. The first kappa shape index (κ1) is 12.2. The van der Waals surface area contributed by atoms with Crippen molar-refractivity contribution < 1.29 is 14.4 Å². The summed E-state index contributed by atoms with van der Waals surface area (Å²) in [6.07, 6.45) is 0. The zero-order chi connectivity index (χ0) is 13.3. The van der Waals surface area contributed by atoms with Gasteiger partial charge in [-0.1, -0.05) is 6.07 Å². The van der Waals surface area contributed by atoms with Crippen LogP contribution in [0.2, 0.25) is 0 Å². The number of piperazine rings is 1. The number of pyridine rings is 1. The number of carbonyl (C=O) groups is 3. The lowest BCUT2D eigenvalue weighted by Crippen LogP contribution is -2.58. The highest BCUT2D eigenvalue weighted by molar-refractivity contribution is 6.06. The summed E-state index contributed by atoms with van der Waals surface area (Å²) < 4.78 is 0. The molecule has 94 valence electrons. The largest absolute Gasteiger partial charge is 0.316 e. The highest BCUT2D eigenvalue weighted by atomic mass is 16.2. The van der Waals surface area contributed by atoms with Crippen molar-refractivity contribution in [3.63, 3.8) is 0 Å². The Bertz CT molecular complexity index is 527. The Balaban J connectivity index is 2.27. The monoisotopic (exact) mass is 247 g/mol. The number of aryl methyl sites for hydroxylation is 1. The Hall–Kier alpha value is -2.24. The minimum atomic E-state index is -0.669. The van der Waals surface area contributed by atoms with Crippen molar-refractivity contribution in [3.8, 4) is 0 Å². The van der Waals surface area contributed by atoms with Crippen molar-refractivity contribution >= 4 is 17.7 Å². The van der Waals surface area contributed by atoms with E-state index in [1.165, 1.54) is 4.90 Å². The maximum absolute atomic E-state index is 12.2. The van der Waals surface area contributed by atoms with Gasteiger partial charge in [-0.05, 0) is 26.0 Å². The van der Waals surface area contributed by atoms with Crippen molar-refractivity contribution in [2.45, 2.75) is 19.9 Å². The van der Waals surface area contributed by atoms with E-state index in [1.807, 2.05) is 0 Å². The van der Waals surface area contributed by atoms with Crippen LogP contribution in [0.5, 0.6) is 0 Å². The predicted octanol–water partition coefficient (Wildman–Crippen LogP) is -0.123. The third-order valence-corrected chi connectivity index (χ3v) is 2.79. The van der Waals surface area contributed by atoms with Crippen LogP contribution in [0.3, 0.4) is 0 Å². The Morgan fingerprint density at radius 1 is 1.44 bits per heavy atom. The van der Waals surface area contributed by atoms with Crippen molar-refractivity contribution in [3.05, 3.63) is 29.6 Å². The molecule has 0 spiro atoms. The average Bonchev–Trinajstić information content (AvgIpc) is 2.33. The minimum absolute atomic E-state index is 0.124. The molecule has 1 N–H and O–H groups in total. The molecule has 0 radical (unpaired) electrons. The number of amides is 3. The van der Waals surface area contributed by atoms with Gasteiger partial charge in [0.1, 0.15) is 18.3 Å². The number of imide groups is 1. The Morgan fingerprint density at radius 3 is 2.83 bits per heavy atom. The summed E-state index contributed by atoms with van der Waals surface area (Å²) in [6, 6.07) is 4.39. The highest BCUT2D eigenvalue weighted by Crippen LogP contribution is 2.10. The van der Waals surface area contributed by atoms with Gasteiger partial charge in [0.2, 0.25) is 11.8 Å². The van der Waals surface area contributed by atoms with Crippen molar-refractivity contribution in [1.29, 1.82) is 0 Å². The number of nitrogens with one attached hydrogen (secondary N) is 1. The van der Waals surface area contributed by atoms with E-state index in [0.29, 0.717) is 5.69 Å². The van der Waals surface area contributed by atoms with E-state index in [4.69, 9.17) is 0 Å². The minimum Gasteiger partial charge on any atom is -0.316 e. The molecule has 0 aliphatic carbocycles. The second-order valence-electron chi connectivity index (χ2n) is 4.19. The molecule has 0 bridgehead atoms. The van der Waals surface area contributed by atoms with E-state index in [9.17, 15) is 14.4 Å². The summed E-state index contributed by atoms with van der Waals surface area (Å²) in [5.74, 6) is -1.35. The van der Waals surface area contributed by atoms with Crippen LogP contribution in [0.25, 0.3) is 0 Å². The second-order valence-corrected chi connectivity index (χ2v) is 4.19. The normalized spacial score (nSPS) is 19.7. The predicted molar refractivity (Wildman–Crippen MR) is 62.6 cm³/mol. The molecule has 1 aliphatic heterocycles. The molecule has 1 fully saturated rings. The lowest BCUT2D eigenvalue weighted by atomic mass is 10.1. The molecule has 1 atom stereocenters. The fourth-order valence-electron chi connectivity index (χ4n) is 1.77. The molecule has 6 heteroatoms. The molecule has 1 saturated heterocycles. The van der Waals surface area contributed by atoms with Crippen molar-refractivity contribution in [2.75, 3.05) is 6.54 Å². The summed E-state index contributed by atoms with van der Waals surface area (Å²) in [7, 11) is 0. The lowest BCUT2D eigenvalue weighted by Gasteiger charge is -2.31. The Labute approximate surface area is 104 Å². The molecule has 0 aromatic carbocycles. The maximum atomic E-state index is 12.2. The van der Waals surface area contributed by atoms with Crippen LogP contribution in [0.1, 0.15) is 23.1 Å². The van der Waals surface area contributed by atoms with Crippen molar-refractivity contribution in [2.24, 2.45) is 0 Å².